The van der Waals surface area contributed by atoms with E-state index in [0.717, 1.165) is 42.2 Å². The predicted molar refractivity (Wildman–Crippen MR) is 155 cm³/mol. The third-order valence-electron chi connectivity index (χ3n) is 6.37. The van der Waals surface area contributed by atoms with Crippen molar-refractivity contribution in [3.05, 3.63) is 88.9 Å². The zero-order chi connectivity index (χ0) is 28.5. The molecule has 1 heterocycles. The van der Waals surface area contributed by atoms with Crippen molar-refractivity contribution in [1.29, 1.82) is 0 Å². The van der Waals surface area contributed by atoms with Crippen LogP contribution >= 0.6 is 11.6 Å². The van der Waals surface area contributed by atoms with E-state index in [1.807, 2.05) is 11.8 Å². The summed E-state index contributed by atoms with van der Waals surface area (Å²) in [5, 5.41) is 4.15. The fourth-order valence-electron chi connectivity index (χ4n) is 4.17. The van der Waals surface area contributed by atoms with Crippen LogP contribution in [0, 0.1) is 6.92 Å². The summed E-state index contributed by atoms with van der Waals surface area (Å²) in [4.78, 5) is 26.9. The highest BCUT2D eigenvalue weighted by atomic mass is 35.5. The molecule has 1 saturated heterocycles. The average molecular weight is 583 g/mol. The number of carbonyl (C=O) groups excluding carboxylic acids is 2. The molecule has 4 rings (SSSR count). The van der Waals surface area contributed by atoms with Crippen molar-refractivity contribution in [2.24, 2.45) is 5.10 Å². The molecule has 0 bridgehead atoms. The van der Waals surface area contributed by atoms with Gasteiger partial charge in [-0.15, -0.1) is 0 Å². The molecular formula is C29H31ClN4O5S. The van der Waals surface area contributed by atoms with Gasteiger partial charge in [-0.05, 0) is 80.3 Å². The molecule has 11 heteroatoms. The maximum atomic E-state index is 13.5. The van der Waals surface area contributed by atoms with Gasteiger partial charge in [0, 0.05) is 13.1 Å². The van der Waals surface area contributed by atoms with Crippen molar-refractivity contribution < 1.29 is 22.7 Å². The zero-order valence-corrected chi connectivity index (χ0v) is 23.7. The number of carbonyl (C=O) groups is 2. The molecule has 0 spiro atoms. The van der Waals surface area contributed by atoms with Gasteiger partial charge in [0.05, 0.1) is 21.8 Å². The second-order valence-electron chi connectivity index (χ2n) is 9.37. The van der Waals surface area contributed by atoms with E-state index in [1.54, 1.807) is 54.6 Å². The van der Waals surface area contributed by atoms with E-state index in [4.69, 9.17) is 16.3 Å². The molecule has 0 aliphatic carbocycles. The fraction of sp³-hybridized carbons (Fsp3) is 0.276. The summed E-state index contributed by atoms with van der Waals surface area (Å²) in [5.74, 6) is -0.130. The highest BCUT2D eigenvalue weighted by Crippen LogP contribution is 2.30. The first-order valence-electron chi connectivity index (χ1n) is 12.9. The summed E-state index contributed by atoms with van der Waals surface area (Å²) in [6, 6.07) is 19.6. The van der Waals surface area contributed by atoms with Gasteiger partial charge in [0.2, 0.25) is 0 Å². The number of anilines is 1. The number of hydrogen-bond acceptors (Lipinski definition) is 6. The van der Waals surface area contributed by atoms with Gasteiger partial charge in [-0.2, -0.15) is 5.10 Å². The number of halogens is 1. The molecule has 2 amide bonds. The minimum absolute atomic E-state index is 0.0169. The molecule has 0 saturated carbocycles. The van der Waals surface area contributed by atoms with Gasteiger partial charge in [0.25, 0.3) is 21.8 Å². The van der Waals surface area contributed by atoms with Crippen LogP contribution in [0.25, 0.3) is 0 Å². The first-order chi connectivity index (χ1) is 19.2. The van der Waals surface area contributed by atoms with Gasteiger partial charge in [0.1, 0.15) is 12.3 Å². The summed E-state index contributed by atoms with van der Waals surface area (Å²) in [6.07, 6.45) is 4.63. The fourth-order valence-corrected chi connectivity index (χ4v) is 5.89. The number of ether oxygens (including phenoxy) is 1. The lowest BCUT2D eigenvalue weighted by atomic mass is 10.1. The Morgan fingerprint density at radius 2 is 1.68 bits per heavy atom. The monoisotopic (exact) mass is 582 g/mol. The van der Waals surface area contributed by atoms with E-state index < -0.39 is 22.5 Å². The maximum absolute atomic E-state index is 13.5. The summed E-state index contributed by atoms with van der Waals surface area (Å²) in [6.45, 7) is 2.85. The molecule has 3 aromatic carbocycles. The number of aryl methyl sites for hydroxylation is 1. The van der Waals surface area contributed by atoms with Crippen LogP contribution in [0.15, 0.2) is 82.8 Å². The van der Waals surface area contributed by atoms with Crippen LogP contribution in [-0.2, 0) is 19.6 Å². The van der Waals surface area contributed by atoms with Gasteiger partial charge in [-0.1, -0.05) is 41.4 Å². The molecular weight excluding hydrogens is 552 g/mol. The lowest BCUT2D eigenvalue weighted by Crippen LogP contribution is -2.39. The van der Waals surface area contributed by atoms with Crippen LogP contribution in [0.3, 0.4) is 0 Å². The highest BCUT2D eigenvalue weighted by molar-refractivity contribution is 7.92. The minimum atomic E-state index is -4.09. The van der Waals surface area contributed by atoms with Gasteiger partial charge >= 0.3 is 0 Å². The van der Waals surface area contributed by atoms with Crippen LogP contribution in [0.4, 0.5) is 5.69 Å². The lowest BCUT2D eigenvalue weighted by molar-refractivity contribution is -0.134. The average Bonchev–Trinajstić information content (AvgIpc) is 2.96. The molecule has 0 atom stereocenters. The van der Waals surface area contributed by atoms with Crippen LogP contribution in [0.1, 0.15) is 30.4 Å². The zero-order valence-electron chi connectivity index (χ0n) is 22.1. The van der Waals surface area contributed by atoms with Crippen LogP contribution in [-0.4, -0.2) is 57.6 Å². The van der Waals surface area contributed by atoms with Crippen molar-refractivity contribution in [2.75, 3.05) is 30.5 Å². The number of amides is 2. The topological polar surface area (TPSA) is 108 Å². The van der Waals surface area contributed by atoms with E-state index in [9.17, 15) is 18.0 Å². The van der Waals surface area contributed by atoms with E-state index >= 15 is 0 Å². The Balaban J connectivity index is 1.37. The number of likely N-dealkylation sites (tertiary alicyclic amines) is 1. The number of nitrogens with one attached hydrogen (secondary N) is 1. The molecule has 0 aromatic heterocycles. The highest BCUT2D eigenvalue weighted by Gasteiger charge is 2.28. The third kappa shape index (κ3) is 7.61. The van der Waals surface area contributed by atoms with Gasteiger partial charge < -0.3 is 9.64 Å². The Bertz CT molecular complexity index is 1450. The SMILES string of the molecule is Cc1ccc(S(=O)(=O)N(CC(=O)N/N=C\c2ccc(OCC(=O)N3CCCCC3)cc2)c2ccccc2Cl)cc1. The van der Waals surface area contributed by atoms with Crippen LogP contribution < -0.4 is 14.5 Å². The smallest absolute Gasteiger partial charge is 0.264 e. The molecule has 1 aliphatic rings. The Hall–Kier alpha value is -3.89. The molecule has 0 radical (unpaired) electrons. The minimum Gasteiger partial charge on any atom is -0.484 e. The number of rotatable bonds is 10. The first kappa shape index (κ1) is 29.1. The number of hydrogen-bond donors (Lipinski definition) is 1. The van der Waals surface area contributed by atoms with Gasteiger partial charge in [-0.3, -0.25) is 13.9 Å². The normalized spacial score (nSPS) is 13.7. The summed E-state index contributed by atoms with van der Waals surface area (Å²) in [7, 11) is -4.09. The van der Waals surface area contributed by atoms with Gasteiger partial charge in [-0.25, -0.2) is 13.8 Å². The number of piperidine rings is 1. The van der Waals surface area contributed by atoms with Crippen molar-refractivity contribution in [2.45, 2.75) is 31.1 Å². The molecule has 9 nitrogen and oxygen atoms in total. The Morgan fingerprint density at radius 1 is 1.00 bits per heavy atom. The first-order valence-corrected chi connectivity index (χ1v) is 14.7. The van der Waals surface area contributed by atoms with Crippen LogP contribution in [0.5, 0.6) is 5.75 Å². The predicted octanol–water partition coefficient (Wildman–Crippen LogP) is 4.39. The Kier molecular flexibility index (Phi) is 9.79. The second-order valence-corrected chi connectivity index (χ2v) is 11.6. The van der Waals surface area contributed by atoms with Crippen molar-refractivity contribution >= 4 is 45.3 Å². The molecule has 210 valence electrons. The molecule has 1 N–H and O–H groups in total. The largest absolute Gasteiger partial charge is 0.484 e. The van der Waals surface area contributed by atoms with Crippen molar-refractivity contribution in [3.63, 3.8) is 0 Å². The molecule has 3 aromatic rings. The molecule has 0 unspecified atom stereocenters. The number of hydrazone groups is 1. The number of para-hydroxylation sites is 1. The van der Waals surface area contributed by atoms with Crippen LogP contribution in [0.2, 0.25) is 5.02 Å². The molecule has 1 fully saturated rings. The van der Waals surface area contributed by atoms with E-state index in [1.165, 1.54) is 24.4 Å². The van der Waals surface area contributed by atoms with Crippen molar-refractivity contribution in [3.8, 4) is 5.75 Å². The standard InChI is InChI=1S/C29H31ClN4O5S/c1-22-9-15-25(16-10-22)40(37,38)34(27-8-4-3-7-26(27)30)20-28(35)32-31-19-23-11-13-24(14-12-23)39-21-29(36)33-17-5-2-6-18-33/h3-4,7-16,19H,2,5-6,17-18,20-21H2,1H3,(H,32,35)/b31-19-. The summed E-state index contributed by atoms with van der Waals surface area (Å²) < 4.78 is 33.5. The Labute approximate surface area is 239 Å². The third-order valence-corrected chi connectivity index (χ3v) is 8.46. The molecule has 1 aliphatic heterocycles. The number of nitrogens with zero attached hydrogens (tertiary/aromatic N) is 3. The summed E-state index contributed by atoms with van der Waals surface area (Å²) >= 11 is 6.30. The molecule has 40 heavy (non-hydrogen) atoms. The number of benzene rings is 3. The summed E-state index contributed by atoms with van der Waals surface area (Å²) in [5.41, 5.74) is 4.13. The van der Waals surface area contributed by atoms with E-state index in [0.29, 0.717) is 11.3 Å². The quantitative estimate of drug-likeness (QED) is 0.282. The second kappa shape index (κ2) is 13.5. The van der Waals surface area contributed by atoms with Gasteiger partial charge in [0.15, 0.2) is 6.61 Å². The number of sulfonamides is 1. The maximum Gasteiger partial charge on any atom is 0.264 e. The van der Waals surface area contributed by atoms with E-state index in [2.05, 4.69) is 10.5 Å². The van der Waals surface area contributed by atoms with Crippen molar-refractivity contribution in [1.82, 2.24) is 10.3 Å². The Morgan fingerprint density at radius 3 is 2.35 bits per heavy atom. The van der Waals surface area contributed by atoms with E-state index in [-0.39, 0.29) is 28.1 Å². The lowest BCUT2D eigenvalue weighted by Gasteiger charge is -2.26.